The number of carbonyl (C=O) groups is 1. The lowest BCUT2D eigenvalue weighted by Crippen LogP contribution is -2.43. The van der Waals surface area contributed by atoms with E-state index in [1.165, 1.54) is 37.7 Å². The molecular weight excluding hydrogens is 364 g/mol. The van der Waals surface area contributed by atoms with E-state index in [9.17, 15) is 4.79 Å². The van der Waals surface area contributed by atoms with Gasteiger partial charge in [-0.1, -0.05) is 43.0 Å². The normalized spacial score (nSPS) is 22.3. The van der Waals surface area contributed by atoms with Gasteiger partial charge in [0.15, 0.2) is 0 Å². The molecule has 5 heteroatoms. The van der Waals surface area contributed by atoms with Gasteiger partial charge in [-0.15, -0.1) is 0 Å². The van der Waals surface area contributed by atoms with Gasteiger partial charge < -0.3 is 5.32 Å². The van der Waals surface area contributed by atoms with Crippen LogP contribution in [-0.4, -0.2) is 41.4 Å². The Morgan fingerprint density at radius 2 is 1.88 bits per heavy atom. The van der Waals surface area contributed by atoms with Crippen LogP contribution in [0.3, 0.4) is 0 Å². The number of thioether (sulfide) groups is 1. The summed E-state index contributed by atoms with van der Waals surface area (Å²) >= 11 is 8.01. The molecule has 0 spiro atoms. The van der Waals surface area contributed by atoms with E-state index in [2.05, 4.69) is 34.1 Å². The van der Waals surface area contributed by atoms with Crippen LogP contribution >= 0.6 is 23.4 Å². The summed E-state index contributed by atoms with van der Waals surface area (Å²) in [6.45, 7) is 3.65. The number of hydrogen-bond donors (Lipinski definition) is 1. The van der Waals surface area contributed by atoms with Gasteiger partial charge in [0.1, 0.15) is 0 Å². The van der Waals surface area contributed by atoms with Gasteiger partial charge in [-0.2, -0.15) is 11.8 Å². The molecule has 1 saturated carbocycles. The zero-order valence-electron chi connectivity index (χ0n) is 15.6. The SMILES string of the molecule is O=C(NCCSC1CCCCC1)C1CCCN(Cc2ccc(Cl)cc2)C1. The fourth-order valence-electron chi connectivity index (χ4n) is 4.04. The average molecular weight is 395 g/mol. The summed E-state index contributed by atoms with van der Waals surface area (Å²) in [5.74, 6) is 1.43. The summed E-state index contributed by atoms with van der Waals surface area (Å²) in [6.07, 6.45) is 9.01. The van der Waals surface area contributed by atoms with Crippen LogP contribution in [0.25, 0.3) is 0 Å². The van der Waals surface area contributed by atoms with Crippen LogP contribution in [0.1, 0.15) is 50.5 Å². The van der Waals surface area contributed by atoms with Gasteiger partial charge in [0, 0.05) is 35.7 Å². The molecular formula is C21H31ClN2OS. The number of nitrogens with zero attached hydrogens (tertiary/aromatic N) is 1. The first-order valence-corrected chi connectivity index (χ1v) is 11.5. The Labute approximate surface area is 167 Å². The molecule has 1 unspecified atom stereocenters. The van der Waals surface area contributed by atoms with Gasteiger partial charge in [0.2, 0.25) is 5.91 Å². The summed E-state index contributed by atoms with van der Waals surface area (Å²) in [5, 5.41) is 4.78. The molecule has 0 radical (unpaired) electrons. The number of piperidine rings is 1. The van der Waals surface area contributed by atoms with Crippen LogP contribution in [0.2, 0.25) is 5.02 Å². The molecule has 2 fully saturated rings. The maximum Gasteiger partial charge on any atom is 0.224 e. The van der Waals surface area contributed by atoms with Crippen molar-refractivity contribution < 1.29 is 4.79 Å². The molecule has 144 valence electrons. The zero-order valence-corrected chi connectivity index (χ0v) is 17.2. The molecule has 1 amide bonds. The minimum absolute atomic E-state index is 0.135. The first-order chi connectivity index (χ1) is 12.7. The fraction of sp³-hybridized carbons (Fsp3) is 0.667. The van der Waals surface area contributed by atoms with E-state index in [1.54, 1.807) is 0 Å². The number of benzene rings is 1. The predicted molar refractivity (Wildman–Crippen MR) is 112 cm³/mol. The molecule has 1 saturated heterocycles. The van der Waals surface area contributed by atoms with Gasteiger partial charge >= 0.3 is 0 Å². The molecule has 2 aliphatic rings. The minimum atomic E-state index is 0.135. The third kappa shape index (κ3) is 6.47. The second kappa shape index (κ2) is 10.6. The predicted octanol–water partition coefficient (Wildman–Crippen LogP) is 4.73. The Morgan fingerprint density at radius 1 is 1.12 bits per heavy atom. The van der Waals surface area contributed by atoms with Crippen LogP contribution in [0.15, 0.2) is 24.3 Å². The van der Waals surface area contributed by atoms with Gasteiger partial charge in [0.25, 0.3) is 0 Å². The van der Waals surface area contributed by atoms with Crippen molar-refractivity contribution in [3.63, 3.8) is 0 Å². The number of hydrogen-bond acceptors (Lipinski definition) is 3. The summed E-state index contributed by atoms with van der Waals surface area (Å²) in [5.41, 5.74) is 1.26. The molecule has 1 N–H and O–H groups in total. The molecule has 1 aliphatic heterocycles. The third-order valence-electron chi connectivity index (χ3n) is 5.50. The van der Waals surface area contributed by atoms with E-state index in [0.717, 1.165) is 55.0 Å². The lowest BCUT2D eigenvalue weighted by atomic mass is 9.96. The maximum absolute atomic E-state index is 12.5. The van der Waals surface area contributed by atoms with E-state index >= 15 is 0 Å². The highest BCUT2D eigenvalue weighted by Gasteiger charge is 2.25. The molecule has 3 rings (SSSR count). The lowest BCUT2D eigenvalue weighted by molar-refractivity contribution is -0.126. The fourth-order valence-corrected chi connectivity index (χ4v) is 5.38. The average Bonchev–Trinajstić information content (AvgIpc) is 2.68. The molecule has 1 aromatic rings. The number of amides is 1. The van der Waals surface area contributed by atoms with E-state index < -0.39 is 0 Å². The Hall–Kier alpha value is -0.710. The molecule has 1 heterocycles. The topological polar surface area (TPSA) is 32.3 Å². The zero-order chi connectivity index (χ0) is 18.2. The Bertz CT molecular complexity index is 560. The molecule has 3 nitrogen and oxygen atoms in total. The molecule has 26 heavy (non-hydrogen) atoms. The van der Waals surface area contributed by atoms with Crippen molar-refractivity contribution in [2.75, 3.05) is 25.4 Å². The second-order valence-electron chi connectivity index (χ2n) is 7.62. The number of rotatable bonds is 7. The lowest BCUT2D eigenvalue weighted by Gasteiger charge is -2.32. The van der Waals surface area contributed by atoms with Crippen molar-refractivity contribution in [1.29, 1.82) is 0 Å². The Kier molecular flexibility index (Phi) is 8.15. The van der Waals surface area contributed by atoms with E-state index in [1.807, 2.05) is 12.1 Å². The quantitative estimate of drug-likeness (QED) is 0.678. The highest BCUT2D eigenvalue weighted by atomic mass is 35.5. The van der Waals surface area contributed by atoms with Crippen molar-refractivity contribution in [3.8, 4) is 0 Å². The summed E-state index contributed by atoms with van der Waals surface area (Å²) < 4.78 is 0. The standard InChI is InChI=1S/C21H31ClN2OS/c22-19-10-8-17(9-11-19)15-24-13-4-5-18(16-24)21(25)23-12-14-26-20-6-2-1-3-7-20/h8-11,18,20H,1-7,12-16H2,(H,23,25). The third-order valence-corrected chi connectivity index (χ3v) is 7.14. The maximum atomic E-state index is 12.5. The summed E-state index contributed by atoms with van der Waals surface area (Å²) in [7, 11) is 0. The first-order valence-electron chi connectivity index (χ1n) is 10.1. The van der Waals surface area contributed by atoms with Crippen molar-refractivity contribution in [2.45, 2.75) is 56.7 Å². The first kappa shape index (κ1) is 20.0. The minimum Gasteiger partial charge on any atom is -0.355 e. The van der Waals surface area contributed by atoms with Crippen LogP contribution in [0.4, 0.5) is 0 Å². The van der Waals surface area contributed by atoms with Gasteiger partial charge in [-0.25, -0.2) is 0 Å². The van der Waals surface area contributed by atoms with Crippen molar-refractivity contribution in [3.05, 3.63) is 34.9 Å². The summed E-state index contributed by atoms with van der Waals surface area (Å²) in [6, 6.07) is 8.03. The molecule has 1 aliphatic carbocycles. The molecule has 0 aromatic heterocycles. The van der Waals surface area contributed by atoms with Crippen molar-refractivity contribution in [1.82, 2.24) is 10.2 Å². The highest BCUT2D eigenvalue weighted by Crippen LogP contribution is 2.27. The largest absolute Gasteiger partial charge is 0.355 e. The molecule has 1 atom stereocenters. The van der Waals surface area contributed by atoms with E-state index in [-0.39, 0.29) is 11.8 Å². The number of halogens is 1. The van der Waals surface area contributed by atoms with Crippen molar-refractivity contribution in [2.24, 2.45) is 5.92 Å². The van der Waals surface area contributed by atoms with Gasteiger partial charge in [-0.3, -0.25) is 9.69 Å². The van der Waals surface area contributed by atoms with Gasteiger partial charge in [-0.05, 0) is 49.9 Å². The molecule has 0 bridgehead atoms. The smallest absolute Gasteiger partial charge is 0.224 e. The highest BCUT2D eigenvalue weighted by molar-refractivity contribution is 7.99. The number of likely N-dealkylation sites (tertiary alicyclic amines) is 1. The second-order valence-corrected chi connectivity index (χ2v) is 9.47. The number of nitrogens with one attached hydrogen (secondary N) is 1. The van der Waals surface area contributed by atoms with Crippen LogP contribution < -0.4 is 5.32 Å². The van der Waals surface area contributed by atoms with Crippen molar-refractivity contribution >= 4 is 29.3 Å². The number of carbonyl (C=O) groups excluding carboxylic acids is 1. The monoisotopic (exact) mass is 394 g/mol. The van der Waals surface area contributed by atoms with Crippen LogP contribution in [0.5, 0.6) is 0 Å². The summed E-state index contributed by atoms with van der Waals surface area (Å²) in [4.78, 5) is 14.9. The molecule has 1 aromatic carbocycles. The van der Waals surface area contributed by atoms with Crippen LogP contribution in [0, 0.1) is 5.92 Å². The Morgan fingerprint density at radius 3 is 2.65 bits per heavy atom. The van der Waals surface area contributed by atoms with E-state index in [0.29, 0.717) is 0 Å². The van der Waals surface area contributed by atoms with E-state index in [4.69, 9.17) is 11.6 Å². The van der Waals surface area contributed by atoms with Gasteiger partial charge in [0.05, 0.1) is 5.92 Å². The van der Waals surface area contributed by atoms with Crippen LogP contribution in [-0.2, 0) is 11.3 Å². The Balaban J connectivity index is 1.36.